The Morgan fingerprint density at radius 2 is 1.62 bits per heavy atom. The summed E-state index contributed by atoms with van der Waals surface area (Å²) in [6, 6.07) is 16.4. The third-order valence-electron chi connectivity index (χ3n) is 8.95. The Morgan fingerprint density at radius 3 is 2.29 bits per heavy atom. The summed E-state index contributed by atoms with van der Waals surface area (Å²) in [7, 11) is 0. The molecule has 2 saturated heterocycles. The largest absolute Gasteiger partial charge is 0.465 e. The average molecular weight is 525 g/mol. The first-order valence-corrected chi connectivity index (χ1v) is 13.4. The SMILES string of the molecule is CCOC(=O)C1(CCBr)CCc2ccccc2C12OC(=O)[C@@]13CCO[C@]21c1ccccc1CC3. The van der Waals surface area contributed by atoms with Crippen molar-refractivity contribution in [2.45, 2.75) is 56.7 Å². The molecule has 2 aliphatic carbocycles. The van der Waals surface area contributed by atoms with Gasteiger partial charge in [0.2, 0.25) is 0 Å². The van der Waals surface area contributed by atoms with Crippen LogP contribution in [0.1, 0.15) is 54.9 Å². The molecule has 6 rings (SSSR count). The minimum atomic E-state index is -1.31. The molecule has 0 radical (unpaired) electrons. The van der Waals surface area contributed by atoms with Crippen molar-refractivity contribution < 1.29 is 23.8 Å². The molecule has 34 heavy (non-hydrogen) atoms. The van der Waals surface area contributed by atoms with Crippen LogP contribution in [0.4, 0.5) is 0 Å². The van der Waals surface area contributed by atoms with Gasteiger partial charge in [0, 0.05) is 17.5 Å². The van der Waals surface area contributed by atoms with E-state index in [-0.39, 0.29) is 18.5 Å². The highest BCUT2D eigenvalue weighted by Crippen LogP contribution is 2.76. The van der Waals surface area contributed by atoms with E-state index in [0.29, 0.717) is 44.0 Å². The first-order valence-electron chi connectivity index (χ1n) is 12.3. The average Bonchev–Trinajstić information content (AvgIpc) is 3.37. The van der Waals surface area contributed by atoms with Crippen LogP contribution in [0.25, 0.3) is 0 Å². The number of hydrogen-bond acceptors (Lipinski definition) is 5. The molecule has 2 aromatic rings. The Morgan fingerprint density at radius 1 is 0.971 bits per heavy atom. The second kappa shape index (κ2) is 7.66. The highest BCUT2D eigenvalue weighted by atomic mass is 79.9. The maximum absolute atomic E-state index is 14.1. The number of benzene rings is 2. The van der Waals surface area contributed by atoms with E-state index < -0.39 is 22.0 Å². The van der Waals surface area contributed by atoms with Crippen LogP contribution in [0, 0.1) is 10.8 Å². The molecule has 1 spiro atoms. The van der Waals surface area contributed by atoms with Gasteiger partial charge in [-0.15, -0.1) is 0 Å². The second-order valence-corrected chi connectivity index (χ2v) is 10.8. The Kier molecular flexibility index (Phi) is 5.02. The van der Waals surface area contributed by atoms with Crippen LogP contribution in [0.15, 0.2) is 48.5 Å². The monoisotopic (exact) mass is 524 g/mol. The lowest BCUT2D eigenvalue weighted by Crippen LogP contribution is -2.66. The lowest BCUT2D eigenvalue weighted by Gasteiger charge is -2.58. The molecule has 0 saturated carbocycles. The standard InChI is InChI=1S/C28H29BrO5/c1-2-32-23(30)25(15-17-29)13-11-20-8-4-6-10-22(20)28(25)27-21-9-5-3-7-19(21)12-14-26(27,16-18-33-27)24(31)34-28/h3-10H,2,11-18H2,1H3/t25?,26-,27+,28?/m1/s1. The molecule has 2 heterocycles. The fraction of sp³-hybridized carbons (Fsp3) is 0.500. The number of aryl methyl sites for hydroxylation is 2. The fourth-order valence-electron chi connectivity index (χ4n) is 7.67. The van der Waals surface area contributed by atoms with E-state index in [1.165, 1.54) is 0 Å². The number of alkyl halides is 1. The summed E-state index contributed by atoms with van der Waals surface area (Å²) < 4.78 is 19.4. The quantitative estimate of drug-likeness (QED) is 0.417. The number of hydrogen-bond donors (Lipinski definition) is 0. The van der Waals surface area contributed by atoms with Gasteiger partial charge in [-0.3, -0.25) is 9.59 Å². The number of carbonyl (C=O) groups excluding carboxylic acids is 2. The van der Waals surface area contributed by atoms with Gasteiger partial charge < -0.3 is 14.2 Å². The van der Waals surface area contributed by atoms with Crippen LogP contribution in [0.5, 0.6) is 0 Å². The van der Waals surface area contributed by atoms with E-state index >= 15 is 0 Å². The first-order chi connectivity index (χ1) is 16.5. The van der Waals surface area contributed by atoms with Gasteiger partial charge in [0.25, 0.3) is 0 Å². The minimum Gasteiger partial charge on any atom is -0.465 e. The van der Waals surface area contributed by atoms with Crippen LogP contribution in [0.2, 0.25) is 0 Å². The highest BCUT2D eigenvalue weighted by molar-refractivity contribution is 9.09. The molecule has 2 aliphatic heterocycles. The molecule has 0 amide bonds. The third-order valence-corrected chi connectivity index (χ3v) is 9.35. The van der Waals surface area contributed by atoms with Crippen molar-refractivity contribution in [1.82, 2.24) is 0 Å². The van der Waals surface area contributed by atoms with Crippen molar-refractivity contribution in [2.75, 3.05) is 18.5 Å². The van der Waals surface area contributed by atoms with E-state index in [0.717, 1.165) is 28.7 Å². The lowest BCUT2D eigenvalue weighted by molar-refractivity contribution is -0.240. The summed E-state index contributed by atoms with van der Waals surface area (Å²) in [5.74, 6) is -0.542. The predicted octanol–water partition coefficient (Wildman–Crippen LogP) is 4.97. The molecule has 4 atom stereocenters. The van der Waals surface area contributed by atoms with Crippen LogP contribution < -0.4 is 0 Å². The molecule has 178 valence electrons. The van der Waals surface area contributed by atoms with Crippen LogP contribution >= 0.6 is 15.9 Å². The Balaban J connectivity index is 1.77. The van der Waals surface area contributed by atoms with Crippen molar-refractivity contribution in [3.8, 4) is 0 Å². The molecule has 6 heteroatoms. The van der Waals surface area contributed by atoms with Crippen molar-refractivity contribution in [2.24, 2.45) is 10.8 Å². The zero-order chi connectivity index (χ0) is 23.6. The molecule has 4 aliphatic rings. The summed E-state index contributed by atoms with van der Waals surface area (Å²) in [6.07, 6.45) is 3.77. The fourth-order valence-corrected chi connectivity index (χ4v) is 8.34. The van der Waals surface area contributed by atoms with Crippen molar-refractivity contribution in [3.05, 3.63) is 70.8 Å². The molecular formula is C28H29BrO5. The molecule has 2 aromatic carbocycles. The zero-order valence-corrected chi connectivity index (χ0v) is 21.0. The van der Waals surface area contributed by atoms with Crippen LogP contribution in [-0.4, -0.2) is 30.5 Å². The maximum atomic E-state index is 14.1. The molecule has 2 unspecified atom stereocenters. The summed E-state index contributed by atoms with van der Waals surface area (Å²) >= 11 is 3.62. The van der Waals surface area contributed by atoms with Gasteiger partial charge in [0.05, 0.1) is 6.61 Å². The molecule has 0 N–H and O–H groups in total. The highest BCUT2D eigenvalue weighted by Gasteiger charge is 2.86. The number of halogens is 1. The number of esters is 2. The summed E-state index contributed by atoms with van der Waals surface area (Å²) in [4.78, 5) is 28.2. The van der Waals surface area contributed by atoms with Gasteiger partial charge in [-0.1, -0.05) is 64.5 Å². The number of carbonyl (C=O) groups is 2. The molecular weight excluding hydrogens is 496 g/mol. The summed E-state index contributed by atoms with van der Waals surface area (Å²) in [5, 5.41) is 0.581. The van der Waals surface area contributed by atoms with E-state index in [4.69, 9.17) is 14.2 Å². The Labute approximate surface area is 208 Å². The van der Waals surface area contributed by atoms with Gasteiger partial charge in [-0.05, 0) is 62.1 Å². The molecule has 0 bridgehead atoms. The number of rotatable bonds is 4. The Hall–Kier alpha value is -2.18. The predicted molar refractivity (Wildman–Crippen MR) is 129 cm³/mol. The molecule has 5 nitrogen and oxygen atoms in total. The van der Waals surface area contributed by atoms with Gasteiger partial charge in [0.15, 0.2) is 11.2 Å². The maximum Gasteiger partial charge on any atom is 0.316 e. The van der Waals surface area contributed by atoms with E-state index in [1.807, 2.05) is 37.3 Å². The summed E-state index contributed by atoms with van der Waals surface area (Å²) in [6.45, 7) is 2.55. The lowest BCUT2D eigenvalue weighted by atomic mass is 9.46. The van der Waals surface area contributed by atoms with E-state index in [2.05, 4.69) is 34.1 Å². The Bertz CT molecular complexity index is 1180. The van der Waals surface area contributed by atoms with Crippen molar-refractivity contribution in [3.63, 3.8) is 0 Å². The van der Waals surface area contributed by atoms with Gasteiger partial charge >= 0.3 is 11.9 Å². The van der Waals surface area contributed by atoms with Gasteiger partial charge in [-0.25, -0.2) is 0 Å². The molecule has 0 aromatic heterocycles. The van der Waals surface area contributed by atoms with Crippen LogP contribution in [-0.2, 0) is 47.8 Å². The second-order valence-electron chi connectivity index (χ2n) is 9.99. The minimum absolute atomic E-state index is 0.237. The van der Waals surface area contributed by atoms with Gasteiger partial charge in [-0.2, -0.15) is 0 Å². The summed E-state index contributed by atoms with van der Waals surface area (Å²) in [5.41, 5.74) is -0.140. The van der Waals surface area contributed by atoms with Gasteiger partial charge in [0.1, 0.15) is 10.8 Å². The zero-order valence-electron chi connectivity index (χ0n) is 19.4. The third kappa shape index (κ3) is 2.34. The van der Waals surface area contributed by atoms with E-state index in [9.17, 15) is 9.59 Å². The van der Waals surface area contributed by atoms with E-state index in [1.54, 1.807) is 0 Å². The van der Waals surface area contributed by atoms with Crippen LogP contribution in [0.3, 0.4) is 0 Å². The number of fused-ring (bicyclic) bond motifs is 3. The molecule has 2 fully saturated rings. The first kappa shape index (κ1) is 22.3. The normalized spacial score (nSPS) is 35.2. The topological polar surface area (TPSA) is 61.8 Å². The van der Waals surface area contributed by atoms with Crippen molar-refractivity contribution in [1.29, 1.82) is 0 Å². The smallest absolute Gasteiger partial charge is 0.316 e. The van der Waals surface area contributed by atoms with Crippen molar-refractivity contribution >= 4 is 27.9 Å². The number of ether oxygens (including phenoxy) is 3.